The highest BCUT2D eigenvalue weighted by Crippen LogP contribution is 2.03. The normalized spacial score (nSPS) is 11.2. The van der Waals surface area contributed by atoms with E-state index in [1.807, 2.05) is 10.8 Å². The number of unbranched alkanes of at least 4 members (excludes halogenated alkanes) is 3. The molecule has 0 bridgehead atoms. The highest BCUT2D eigenvalue weighted by atomic mass is 16.4. The number of hydrogen-bond acceptors (Lipinski definition) is 3. The van der Waals surface area contributed by atoms with Crippen molar-refractivity contribution in [1.29, 1.82) is 0 Å². The predicted octanol–water partition coefficient (Wildman–Crippen LogP) is 2.27. The lowest BCUT2D eigenvalue weighted by atomic mass is 10.2. The van der Waals surface area contributed by atoms with Gasteiger partial charge in [-0.2, -0.15) is 0 Å². The highest BCUT2D eigenvalue weighted by molar-refractivity contribution is 5.74. The number of aryl methyl sites for hydroxylation is 1. The van der Waals surface area contributed by atoms with Crippen molar-refractivity contribution in [1.82, 2.24) is 9.55 Å². The zero-order valence-electron chi connectivity index (χ0n) is 8.56. The third kappa shape index (κ3) is 3.20. The van der Waals surface area contributed by atoms with E-state index in [0.717, 1.165) is 13.0 Å². The molecule has 0 fully saturated rings. The van der Waals surface area contributed by atoms with Gasteiger partial charge in [0.15, 0.2) is 5.82 Å². The van der Waals surface area contributed by atoms with Gasteiger partial charge in [0.1, 0.15) is 6.21 Å². The average Bonchev–Trinajstić information content (AvgIpc) is 2.61. The predicted molar refractivity (Wildman–Crippen MR) is 55.7 cm³/mol. The molecule has 0 aliphatic carbocycles. The van der Waals surface area contributed by atoms with Gasteiger partial charge in [0, 0.05) is 18.9 Å². The fourth-order valence-electron chi connectivity index (χ4n) is 1.40. The number of imidazole rings is 1. The summed E-state index contributed by atoms with van der Waals surface area (Å²) in [6, 6.07) is 0. The number of oxime groups is 1. The van der Waals surface area contributed by atoms with Gasteiger partial charge < -0.3 is 9.77 Å². The van der Waals surface area contributed by atoms with Crippen LogP contribution in [0, 0.1) is 0 Å². The number of aromatic nitrogens is 2. The average molecular weight is 195 g/mol. The van der Waals surface area contributed by atoms with Gasteiger partial charge in [-0.15, -0.1) is 0 Å². The first kappa shape index (κ1) is 10.8. The molecule has 0 aromatic carbocycles. The van der Waals surface area contributed by atoms with Gasteiger partial charge in [0.25, 0.3) is 0 Å². The molecule has 1 aromatic rings. The van der Waals surface area contributed by atoms with Crippen molar-refractivity contribution in [3.05, 3.63) is 18.2 Å². The fraction of sp³-hybridized carbons (Fsp3) is 0.600. The van der Waals surface area contributed by atoms with E-state index in [9.17, 15) is 0 Å². The van der Waals surface area contributed by atoms with Crippen molar-refractivity contribution in [2.24, 2.45) is 5.16 Å². The van der Waals surface area contributed by atoms with Crippen LogP contribution in [-0.2, 0) is 6.54 Å². The fourth-order valence-corrected chi connectivity index (χ4v) is 1.40. The molecule has 0 aliphatic rings. The molecule has 0 saturated carbocycles. The zero-order valence-corrected chi connectivity index (χ0v) is 8.56. The van der Waals surface area contributed by atoms with Crippen LogP contribution in [-0.4, -0.2) is 21.0 Å². The summed E-state index contributed by atoms with van der Waals surface area (Å²) in [7, 11) is 0. The van der Waals surface area contributed by atoms with Crippen LogP contribution in [0.2, 0.25) is 0 Å². The first-order chi connectivity index (χ1) is 6.88. The second-order valence-electron chi connectivity index (χ2n) is 3.28. The Kier molecular flexibility index (Phi) is 4.75. The Balaban J connectivity index is 2.38. The van der Waals surface area contributed by atoms with E-state index < -0.39 is 0 Å². The van der Waals surface area contributed by atoms with E-state index in [0.29, 0.717) is 5.82 Å². The van der Waals surface area contributed by atoms with E-state index in [-0.39, 0.29) is 0 Å². The summed E-state index contributed by atoms with van der Waals surface area (Å²) in [5.74, 6) is 0.712. The van der Waals surface area contributed by atoms with Crippen LogP contribution in [0.3, 0.4) is 0 Å². The molecule has 14 heavy (non-hydrogen) atoms. The van der Waals surface area contributed by atoms with Crippen molar-refractivity contribution in [3.63, 3.8) is 0 Å². The Labute approximate surface area is 84.3 Å². The largest absolute Gasteiger partial charge is 0.411 e. The molecule has 0 atom stereocenters. The molecular weight excluding hydrogens is 178 g/mol. The van der Waals surface area contributed by atoms with Gasteiger partial charge in [-0.05, 0) is 6.42 Å². The molecule has 1 aromatic heterocycles. The van der Waals surface area contributed by atoms with Crippen molar-refractivity contribution in [3.8, 4) is 0 Å². The lowest BCUT2D eigenvalue weighted by molar-refractivity contribution is 0.321. The minimum atomic E-state index is 0.712. The molecule has 0 amide bonds. The van der Waals surface area contributed by atoms with E-state index in [1.54, 1.807) is 6.20 Å². The van der Waals surface area contributed by atoms with E-state index in [4.69, 9.17) is 5.21 Å². The second kappa shape index (κ2) is 6.18. The standard InChI is InChI=1S/C10H17N3O/c1-2-3-4-5-7-13-8-6-11-10(13)9-12-14/h6,8-9,14H,2-5,7H2,1H3/b12-9+. The van der Waals surface area contributed by atoms with Crippen molar-refractivity contribution in [2.45, 2.75) is 39.2 Å². The van der Waals surface area contributed by atoms with Crippen molar-refractivity contribution in [2.75, 3.05) is 0 Å². The molecule has 0 spiro atoms. The lowest BCUT2D eigenvalue weighted by Gasteiger charge is -2.03. The molecular formula is C10H17N3O. The van der Waals surface area contributed by atoms with Gasteiger partial charge in [-0.3, -0.25) is 0 Å². The van der Waals surface area contributed by atoms with Crippen LogP contribution in [0.25, 0.3) is 0 Å². The maximum atomic E-state index is 8.39. The topological polar surface area (TPSA) is 50.4 Å². The van der Waals surface area contributed by atoms with Crippen molar-refractivity contribution >= 4 is 6.21 Å². The molecule has 0 radical (unpaired) electrons. The monoisotopic (exact) mass is 195 g/mol. The summed E-state index contributed by atoms with van der Waals surface area (Å²) in [5, 5.41) is 11.4. The van der Waals surface area contributed by atoms with E-state index in [2.05, 4.69) is 17.1 Å². The molecule has 0 unspecified atom stereocenters. The third-order valence-corrected chi connectivity index (χ3v) is 2.17. The molecule has 0 aliphatic heterocycles. The van der Waals surface area contributed by atoms with Crippen LogP contribution >= 0.6 is 0 Å². The van der Waals surface area contributed by atoms with Gasteiger partial charge in [0.05, 0.1) is 0 Å². The molecule has 1 heterocycles. The third-order valence-electron chi connectivity index (χ3n) is 2.17. The van der Waals surface area contributed by atoms with Crippen LogP contribution in [0.15, 0.2) is 17.5 Å². The SMILES string of the molecule is CCCCCCn1ccnc1/C=N/O. The van der Waals surface area contributed by atoms with E-state index >= 15 is 0 Å². The van der Waals surface area contributed by atoms with Gasteiger partial charge in [-0.25, -0.2) is 4.98 Å². The van der Waals surface area contributed by atoms with Crippen molar-refractivity contribution < 1.29 is 5.21 Å². The zero-order chi connectivity index (χ0) is 10.2. The first-order valence-electron chi connectivity index (χ1n) is 5.07. The Bertz CT molecular complexity index is 281. The summed E-state index contributed by atoms with van der Waals surface area (Å²) in [4.78, 5) is 4.06. The molecule has 0 saturated heterocycles. The smallest absolute Gasteiger partial charge is 0.154 e. The van der Waals surface area contributed by atoms with Gasteiger partial charge >= 0.3 is 0 Å². The lowest BCUT2D eigenvalue weighted by Crippen LogP contribution is -2.02. The molecule has 4 heteroatoms. The van der Waals surface area contributed by atoms with Crippen LogP contribution in [0.1, 0.15) is 38.4 Å². The minimum Gasteiger partial charge on any atom is -0.411 e. The molecule has 1 N–H and O–H groups in total. The Morgan fingerprint density at radius 3 is 3.07 bits per heavy atom. The number of nitrogens with zero attached hydrogens (tertiary/aromatic N) is 3. The van der Waals surface area contributed by atoms with Gasteiger partial charge in [-0.1, -0.05) is 31.3 Å². The summed E-state index contributed by atoms with van der Waals surface area (Å²) in [6.07, 6.45) is 9.90. The quantitative estimate of drug-likeness (QED) is 0.327. The second-order valence-corrected chi connectivity index (χ2v) is 3.28. The minimum absolute atomic E-state index is 0.712. The first-order valence-corrected chi connectivity index (χ1v) is 5.07. The Morgan fingerprint density at radius 1 is 1.50 bits per heavy atom. The number of hydrogen-bond donors (Lipinski definition) is 1. The molecule has 4 nitrogen and oxygen atoms in total. The summed E-state index contributed by atoms with van der Waals surface area (Å²) in [5.41, 5.74) is 0. The Morgan fingerprint density at radius 2 is 2.36 bits per heavy atom. The summed E-state index contributed by atoms with van der Waals surface area (Å²) >= 11 is 0. The molecule has 1 rings (SSSR count). The highest BCUT2D eigenvalue weighted by Gasteiger charge is 1.98. The summed E-state index contributed by atoms with van der Waals surface area (Å²) in [6.45, 7) is 3.14. The number of rotatable bonds is 6. The van der Waals surface area contributed by atoms with E-state index in [1.165, 1.54) is 25.5 Å². The van der Waals surface area contributed by atoms with Gasteiger partial charge in [0.2, 0.25) is 0 Å². The van der Waals surface area contributed by atoms with Crippen LogP contribution in [0.4, 0.5) is 0 Å². The Hall–Kier alpha value is -1.32. The van der Waals surface area contributed by atoms with Crippen LogP contribution in [0.5, 0.6) is 0 Å². The molecule has 78 valence electrons. The maximum Gasteiger partial charge on any atom is 0.154 e. The summed E-state index contributed by atoms with van der Waals surface area (Å²) < 4.78 is 2.00. The van der Waals surface area contributed by atoms with Crippen LogP contribution < -0.4 is 0 Å². The maximum absolute atomic E-state index is 8.39.